The molecule has 0 aromatic carbocycles. The summed E-state index contributed by atoms with van der Waals surface area (Å²) in [5, 5.41) is 32.3. The number of carboxylic acid groups (broad SMARTS) is 3. The molecule has 0 radical (unpaired) electrons. The Morgan fingerprint density at radius 2 is 0.966 bits per heavy atom. The van der Waals surface area contributed by atoms with Crippen molar-refractivity contribution in [1.82, 2.24) is 10.6 Å². The Bertz CT molecular complexity index is 1140. The molecule has 0 heterocycles. The Morgan fingerprint density at radius 3 is 1.55 bits per heavy atom. The van der Waals surface area contributed by atoms with Gasteiger partial charge in [-0.3, -0.25) is 33.6 Å². The number of aliphatic carboxylic acids is 3. The predicted molar refractivity (Wildman–Crippen MR) is 215 cm³/mol. The van der Waals surface area contributed by atoms with Gasteiger partial charge in [0.15, 0.2) is 5.78 Å². The first kappa shape index (κ1) is 54.5. The van der Waals surface area contributed by atoms with E-state index in [1.165, 1.54) is 19.3 Å². The van der Waals surface area contributed by atoms with E-state index in [0.717, 1.165) is 57.8 Å². The highest BCUT2D eigenvalue weighted by atomic mass is 16.5. The van der Waals surface area contributed by atoms with E-state index in [4.69, 9.17) is 34.9 Å². The van der Waals surface area contributed by atoms with Crippen LogP contribution in [0.25, 0.3) is 0 Å². The smallest absolute Gasteiger partial charge is 0.320 e. The first-order valence-electron chi connectivity index (χ1n) is 21.2. The molecule has 0 rings (SSSR count). The highest BCUT2D eigenvalue weighted by molar-refractivity contribution is 5.84. The first-order chi connectivity index (χ1) is 27.9. The minimum absolute atomic E-state index is 0.00453. The number of hydrogen-bond donors (Lipinski definition) is 6. The normalized spacial score (nSPS) is 12.2. The molecule has 7 N–H and O–H groups in total. The average molecular weight is 832 g/mol. The lowest BCUT2D eigenvalue weighted by atomic mass is 9.94. The molecule has 58 heavy (non-hydrogen) atoms. The van der Waals surface area contributed by atoms with E-state index in [0.29, 0.717) is 45.3 Å². The van der Waals surface area contributed by atoms with Gasteiger partial charge in [-0.05, 0) is 44.9 Å². The number of hydrogen-bond acceptors (Lipinski definition) is 12. The molecule has 0 aromatic heterocycles. The number of carbonyl (C=O) groups is 7. The third-order valence-electron chi connectivity index (χ3n) is 9.27. The molecule has 336 valence electrons. The van der Waals surface area contributed by atoms with Crippen LogP contribution in [0.5, 0.6) is 0 Å². The number of nitrogens with one attached hydrogen (secondary N) is 2. The zero-order chi connectivity index (χ0) is 43.1. The molecule has 0 aliphatic rings. The van der Waals surface area contributed by atoms with Gasteiger partial charge in [0.1, 0.15) is 25.0 Å². The summed E-state index contributed by atoms with van der Waals surface area (Å²) in [4.78, 5) is 81.1. The monoisotopic (exact) mass is 832 g/mol. The summed E-state index contributed by atoms with van der Waals surface area (Å²) in [6.45, 7) is 1.99. The van der Waals surface area contributed by atoms with Gasteiger partial charge in [-0.25, -0.2) is 0 Å². The van der Waals surface area contributed by atoms with Crippen LogP contribution >= 0.6 is 0 Å². The van der Waals surface area contributed by atoms with Crippen molar-refractivity contribution >= 4 is 41.3 Å². The molecular formula is C41H73N3O14. The van der Waals surface area contributed by atoms with E-state index in [1.807, 2.05) is 0 Å². The summed E-state index contributed by atoms with van der Waals surface area (Å²) < 4.78 is 21.4. The summed E-state index contributed by atoms with van der Waals surface area (Å²) in [6.07, 6.45) is 15.5. The second-order valence-electron chi connectivity index (χ2n) is 14.6. The van der Waals surface area contributed by atoms with Crippen LogP contribution in [-0.2, 0) is 52.5 Å². The van der Waals surface area contributed by atoms with Crippen LogP contribution in [0.4, 0.5) is 0 Å². The molecule has 0 aliphatic carbocycles. The Hall–Kier alpha value is -3.51. The zero-order valence-electron chi connectivity index (χ0n) is 34.7. The molecule has 0 fully saturated rings. The van der Waals surface area contributed by atoms with Gasteiger partial charge in [-0.15, -0.1) is 0 Å². The topological polar surface area (TPSA) is 267 Å². The van der Waals surface area contributed by atoms with Gasteiger partial charge >= 0.3 is 17.9 Å². The molecule has 0 unspecified atom stereocenters. The fourth-order valence-corrected chi connectivity index (χ4v) is 5.84. The van der Waals surface area contributed by atoms with Crippen LogP contribution < -0.4 is 16.4 Å². The third-order valence-corrected chi connectivity index (χ3v) is 9.27. The number of unbranched alkanes of at least 4 members (excludes halogenated alkanes) is 12. The summed E-state index contributed by atoms with van der Waals surface area (Å²) in [7, 11) is 0. The molecule has 0 saturated heterocycles. The molecule has 2 atom stereocenters. The van der Waals surface area contributed by atoms with Crippen LogP contribution in [0.1, 0.15) is 141 Å². The Balaban J connectivity index is 3.66. The van der Waals surface area contributed by atoms with E-state index < -0.39 is 29.9 Å². The van der Waals surface area contributed by atoms with Crippen molar-refractivity contribution in [2.24, 2.45) is 11.7 Å². The number of amides is 2. The fraction of sp³-hybridized carbons (Fsp3) is 0.829. The summed E-state index contributed by atoms with van der Waals surface area (Å²) >= 11 is 0. The van der Waals surface area contributed by atoms with Crippen LogP contribution in [-0.4, -0.2) is 129 Å². The number of carbonyl (C=O) groups excluding carboxylic acids is 4. The Labute approximate surface area is 344 Å². The van der Waals surface area contributed by atoms with E-state index in [9.17, 15) is 38.7 Å². The summed E-state index contributed by atoms with van der Waals surface area (Å²) in [6, 6.07) is -0.891. The lowest BCUT2D eigenvalue weighted by molar-refractivity contribution is -0.144. The van der Waals surface area contributed by atoms with Gasteiger partial charge < -0.3 is 50.6 Å². The summed E-state index contributed by atoms with van der Waals surface area (Å²) in [5.74, 6) is -4.50. The van der Waals surface area contributed by atoms with Crippen LogP contribution in [0.3, 0.4) is 0 Å². The van der Waals surface area contributed by atoms with Gasteiger partial charge in [-0.2, -0.15) is 0 Å². The van der Waals surface area contributed by atoms with Gasteiger partial charge in [0.2, 0.25) is 11.8 Å². The number of rotatable bonds is 44. The maximum atomic E-state index is 12.4. The van der Waals surface area contributed by atoms with E-state index in [-0.39, 0.29) is 108 Å². The van der Waals surface area contributed by atoms with Crippen molar-refractivity contribution in [3.63, 3.8) is 0 Å². The van der Waals surface area contributed by atoms with Crippen molar-refractivity contribution < 1.29 is 67.8 Å². The zero-order valence-corrected chi connectivity index (χ0v) is 34.7. The number of ether oxygens (including phenoxy) is 4. The second kappa shape index (κ2) is 39.0. The lowest BCUT2D eigenvalue weighted by Crippen LogP contribution is -2.31. The standard InChI is InChI=1S/C41H73N3O14/c42-36(41(53)54)18-13-14-22-43-38(48)32-58-29-26-55-24-15-17-35(46)31-57-28-27-56-25-23-44-37(47)21-20-33(40(51)52)30-34(45)16-11-9-7-5-3-1-2-4-6-8-10-12-19-39(49)50/h33,36H,1-32,42H2,(H,43,48)(H,44,47)(H,49,50)(H,51,52)(H,53,54)/t33-,36+/m1/s1. The van der Waals surface area contributed by atoms with Crippen LogP contribution in [0.15, 0.2) is 0 Å². The molecule has 0 saturated carbocycles. The quantitative estimate of drug-likeness (QED) is 0.0470. The van der Waals surface area contributed by atoms with Gasteiger partial charge in [-0.1, -0.05) is 64.2 Å². The molecule has 17 heteroatoms. The second-order valence-corrected chi connectivity index (χ2v) is 14.6. The highest BCUT2D eigenvalue weighted by Crippen LogP contribution is 2.17. The number of ketones is 2. The Kier molecular flexibility index (Phi) is 36.6. The van der Waals surface area contributed by atoms with E-state index in [1.54, 1.807) is 0 Å². The molecular weight excluding hydrogens is 758 g/mol. The van der Waals surface area contributed by atoms with Crippen molar-refractivity contribution in [2.45, 2.75) is 147 Å². The van der Waals surface area contributed by atoms with E-state index in [2.05, 4.69) is 10.6 Å². The Morgan fingerprint density at radius 1 is 0.448 bits per heavy atom. The van der Waals surface area contributed by atoms with Crippen molar-refractivity contribution in [1.29, 1.82) is 0 Å². The number of nitrogens with two attached hydrogens (primary N) is 1. The van der Waals surface area contributed by atoms with Gasteiger partial charge in [0, 0.05) is 51.8 Å². The molecule has 17 nitrogen and oxygen atoms in total. The fourth-order valence-electron chi connectivity index (χ4n) is 5.84. The maximum absolute atomic E-state index is 12.4. The summed E-state index contributed by atoms with van der Waals surface area (Å²) in [5.41, 5.74) is 5.42. The van der Waals surface area contributed by atoms with Crippen molar-refractivity contribution in [3.8, 4) is 0 Å². The SMILES string of the molecule is N[C@@H](CCCCNC(=O)COCCOCCCC(=O)COCCOCCNC(=O)CC[C@H](CC(=O)CCCCCCCCCCCCCCC(=O)O)C(=O)O)C(=O)O. The molecule has 0 aromatic rings. The number of Topliss-reactive ketones (excluding diaryl/α,β-unsaturated/α-hetero) is 2. The van der Waals surface area contributed by atoms with Crippen molar-refractivity contribution in [3.05, 3.63) is 0 Å². The minimum Gasteiger partial charge on any atom is -0.481 e. The molecule has 0 spiro atoms. The molecule has 0 bridgehead atoms. The third kappa shape index (κ3) is 38.0. The van der Waals surface area contributed by atoms with Crippen LogP contribution in [0.2, 0.25) is 0 Å². The van der Waals surface area contributed by atoms with Crippen molar-refractivity contribution in [2.75, 3.05) is 65.9 Å². The lowest BCUT2D eigenvalue weighted by Gasteiger charge is -2.12. The number of carboxylic acids is 3. The van der Waals surface area contributed by atoms with Gasteiger partial charge in [0.05, 0.1) is 39.0 Å². The highest BCUT2D eigenvalue weighted by Gasteiger charge is 2.22. The minimum atomic E-state index is -1.08. The van der Waals surface area contributed by atoms with Gasteiger partial charge in [0.25, 0.3) is 0 Å². The predicted octanol–water partition coefficient (Wildman–Crippen LogP) is 4.20. The van der Waals surface area contributed by atoms with Crippen LogP contribution in [0, 0.1) is 5.92 Å². The largest absolute Gasteiger partial charge is 0.481 e. The molecule has 2 amide bonds. The average Bonchev–Trinajstić information content (AvgIpc) is 3.17. The first-order valence-corrected chi connectivity index (χ1v) is 21.2. The molecule has 0 aliphatic heterocycles. The van der Waals surface area contributed by atoms with E-state index >= 15 is 0 Å². The maximum Gasteiger partial charge on any atom is 0.320 e.